The van der Waals surface area contributed by atoms with Crippen LogP contribution in [0.3, 0.4) is 0 Å². The average Bonchev–Trinajstić information content (AvgIpc) is 2.46. The second-order valence-electron chi connectivity index (χ2n) is 2.56. The minimum atomic E-state index is -3.00. The maximum absolute atomic E-state index is 12.5. The monoisotopic (exact) mass is 242 g/mol. The summed E-state index contributed by atoms with van der Waals surface area (Å²) in [5.74, 6) is 0. The number of aromatic nitrogens is 3. The fourth-order valence-electron chi connectivity index (χ4n) is 0.977. The van der Waals surface area contributed by atoms with Crippen molar-refractivity contribution in [3.05, 3.63) is 11.4 Å². The molecular formula is C6H6F4N4S. The van der Waals surface area contributed by atoms with Gasteiger partial charge in [-0.25, -0.2) is 22.2 Å². The van der Waals surface area contributed by atoms with Crippen LogP contribution in [0.1, 0.15) is 17.8 Å². The second kappa shape index (κ2) is 4.51. The molecule has 0 aliphatic heterocycles. The van der Waals surface area contributed by atoms with Crippen molar-refractivity contribution in [3.8, 4) is 0 Å². The lowest BCUT2D eigenvalue weighted by Gasteiger charge is -2.05. The molecule has 0 fully saturated rings. The molecule has 0 radical (unpaired) electrons. The number of nitrogens with two attached hydrogens (primary N) is 1. The van der Waals surface area contributed by atoms with Gasteiger partial charge in [-0.3, -0.25) is 0 Å². The number of thiocarbonyl (C=S) groups is 1. The predicted octanol–water partition coefficient (Wildman–Crippen LogP) is 1.11. The lowest BCUT2D eigenvalue weighted by Crippen LogP contribution is -2.16. The Hall–Kier alpha value is -1.25. The quantitative estimate of drug-likeness (QED) is 0.635. The molecule has 1 aromatic rings. The van der Waals surface area contributed by atoms with Crippen molar-refractivity contribution < 1.29 is 17.6 Å². The fraction of sp³-hybridized carbons (Fsp3) is 0.500. The SMILES string of the molecule is NC(=S)c1nnn(CC(F)F)c1C(F)F. The van der Waals surface area contributed by atoms with Gasteiger partial charge in [0.1, 0.15) is 22.9 Å². The first-order chi connectivity index (χ1) is 6.93. The largest absolute Gasteiger partial charge is 0.388 e. The van der Waals surface area contributed by atoms with Crippen LogP contribution in [0.2, 0.25) is 0 Å². The highest BCUT2D eigenvalue weighted by molar-refractivity contribution is 7.80. The Morgan fingerprint density at radius 1 is 1.40 bits per heavy atom. The van der Waals surface area contributed by atoms with Crippen LogP contribution in [0, 0.1) is 0 Å². The smallest absolute Gasteiger partial charge is 0.282 e. The summed E-state index contributed by atoms with van der Waals surface area (Å²) in [6.45, 7) is -0.963. The Morgan fingerprint density at radius 2 is 2.00 bits per heavy atom. The Kier molecular flexibility index (Phi) is 3.56. The zero-order chi connectivity index (χ0) is 11.6. The summed E-state index contributed by atoms with van der Waals surface area (Å²) in [6.07, 6.45) is -5.81. The third kappa shape index (κ3) is 2.61. The number of hydrogen-bond donors (Lipinski definition) is 1. The molecule has 2 N–H and O–H groups in total. The lowest BCUT2D eigenvalue weighted by atomic mass is 10.3. The summed E-state index contributed by atoms with van der Waals surface area (Å²) in [5, 5.41) is 6.36. The van der Waals surface area contributed by atoms with Crippen molar-refractivity contribution in [1.29, 1.82) is 0 Å². The van der Waals surface area contributed by atoms with E-state index in [1.165, 1.54) is 0 Å². The molecule has 84 valence electrons. The van der Waals surface area contributed by atoms with E-state index in [9.17, 15) is 17.6 Å². The average molecular weight is 242 g/mol. The Bertz CT molecular complexity index is 364. The Morgan fingerprint density at radius 3 is 2.40 bits per heavy atom. The van der Waals surface area contributed by atoms with Crippen molar-refractivity contribution in [2.45, 2.75) is 19.4 Å². The van der Waals surface area contributed by atoms with Gasteiger partial charge in [-0.15, -0.1) is 5.10 Å². The molecule has 0 amide bonds. The molecule has 1 rings (SSSR count). The first-order valence-electron chi connectivity index (χ1n) is 3.73. The van der Waals surface area contributed by atoms with Crippen molar-refractivity contribution >= 4 is 17.2 Å². The van der Waals surface area contributed by atoms with Crippen LogP contribution in [0.4, 0.5) is 17.6 Å². The third-order valence-electron chi connectivity index (χ3n) is 1.52. The van der Waals surface area contributed by atoms with Gasteiger partial charge in [0.25, 0.3) is 12.9 Å². The summed E-state index contributed by atoms with van der Waals surface area (Å²) in [4.78, 5) is -0.397. The van der Waals surface area contributed by atoms with Gasteiger partial charge in [-0.2, -0.15) is 0 Å². The molecule has 0 aromatic carbocycles. The molecule has 4 nitrogen and oxygen atoms in total. The van der Waals surface area contributed by atoms with E-state index < -0.39 is 35.8 Å². The highest BCUT2D eigenvalue weighted by Gasteiger charge is 2.24. The van der Waals surface area contributed by atoms with E-state index in [4.69, 9.17) is 5.73 Å². The van der Waals surface area contributed by atoms with Crippen LogP contribution >= 0.6 is 12.2 Å². The summed E-state index contributed by atoms with van der Waals surface area (Å²) in [7, 11) is 0. The molecule has 0 aliphatic rings. The first-order valence-corrected chi connectivity index (χ1v) is 4.13. The van der Waals surface area contributed by atoms with E-state index in [0.717, 1.165) is 0 Å². The van der Waals surface area contributed by atoms with Gasteiger partial charge in [-0.1, -0.05) is 17.4 Å². The minimum absolute atomic E-state index is 0.397. The van der Waals surface area contributed by atoms with Gasteiger partial charge in [0.15, 0.2) is 0 Å². The molecule has 9 heteroatoms. The van der Waals surface area contributed by atoms with Crippen LogP contribution in [0.5, 0.6) is 0 Å². The first kappa shape index (κ1) is 11.8. The number of halogens is 4. The van der Waals surface area contributed by atoms with Crippen LogP contribution in [-0.4, -0.2) is 26.4 Å². The summed E-state index contributed by atoms with van der Waals surface area (Å²) in [5.41, 5.74) is 3.90. The molecule has 0 unspecified atom stereocenters. The molecule has 0 spiro atoms. The topological polar surface area (TPSA) is 56.7 Å². The number of nitrogens with zero attached hydrogens (tertiary/aromatic N) is 3. The lowest BCUT2D eigenvalue weighted by molar-refractivity contribution is 0.103. The zero-order valence-electron chi connectivity index (χ0n) is 7.20. The van der Waals surface area contributed by atoms with Gasteiger partial charge in [0.05, 0.1) is 0 Å². The number of alkyl halides is 4. The molecule has 0 aliphatic carbocycles. The second-order valence-corrected chi connectivity index (χ2v) is 3.00. The van der Waals surface area contributed by atoms with Gasteiger partial charge in [0.2, 0.25) is 0 Å². The Labute approximate surface area is 87.0 Å². The van der Waals surface area contributed by atoms with Crippen molar-refractivity contribution in [2.75, 3.05) is 0 Å². The molecule has 0 saturated heterocycles. The summed E-state index contributed by atoms with van der Waals surface area (Å²) >= 11 is 4.44. The fourth-order valence-corrected chi connectivity index (χ4v) is 1.12. The summed E-state index contributed by atoms with van der Waals surface area (Å²) in [6, 6.07) is 0. The van der Waals surface area contributed by atoms with Crippen molar-refractivity contribution in [3.63, 3.8) is 0 Å². The number of hydrogen-bond acceptors (Lipinski definition) is 3. The van der Waals surface area contributed by atoms with Crippen LogP contribution in [-0.2, 0) is 6.54 Å². The standard InChI is InChI=1S/C6H6F4N4S/c7-2(8)1-14-4(5(9)10)3(6(11)15)12-13-14/h2,5H,1H2,(H2,11,15). The highest BCUT2D eigenvalue weighted by Crippen LogP contribution is 2.21. The van der Waals surface area contributed by atoms with Crippen LogP contribution < -0.4 is 5.73 Å². The van der Waals surface area contributed by atoms with Crippen molar-refractivity contribution in [1.82, 2.24) is 15.0 Å². The van der Waals surface area contributed by atoms with Gasteiger partial charge >= 0.3 is 0 Å². The predicted molar refractivity (Wildman–Crippen MR) is 46.9 cm³/mol. The maximum atomic E-state index is 12.5. The van der Waals surface area contributed by atoms with E-state index in [0.29, 0.717) is 4.68 Å². The Balaban J connectivity index is 3.12. The summed E-state index contributed by atoms with van der Waals surface area (Å²) < 4.78 is 49.3. The normalized spacial score (nSPS) is 11.3. The zero-order valence-corrected chi connectivity index (χ0v) is 8.02. The maximum Gasteiger partial charge on any atom is 0.282 e. The van der Waals surface area contributed by atoms with Gasteiger partial charge < -0.3 is 5.73 Å². The highest BCUT2D eigenvalue weighted by atomic mass is 32.1. The van der Waals surface area contributed by atoms with E-state index in [-0.39, 0.29) is 0 Å². The van der Waals surface area contributed by atoms with E-state index in [1.54, 1.807) is 0 Å². The van der Waals surface area contributed by atoms with Gasteiger partial charge in [0, 0.05) is 0 Å². The number of rotatable bonds is 4. The van der Waals surface area contributed by atoms with Gasteiger partial charge in [-0.05, 0) is 0 Å². The molecule has 1 heterocycles. The molecule has 1 aromatic heterocycles. The molecule has 15 heavy (non-hydrogen) atoms. The van der Waals surface area contributed by atoms with E-state index in [2.05, 4.69) is 22.5 Å². The van der Waals surface area contributed by atoms with E-state index in [1.807, 2.05) is 0 Å². The minimum Gasteiger partial charge on any atom is -0.388 e. The van der Waals surface area contributed by atoms with Crippen molar-refractivity contribution in [2.24, 2.45) is 5.73 Å². The van der Waals surface area contributed by atoms with Crippen LogP contribution in [0.15, 0.2) is 0 Å². The molecule has 0 saturated carbocycles. The molecule has 0 atom stereocenters. The van der Waals surface area contributed by atoms with Crippen LogP contribution in [0.25, 0.3) is 0 Å². The van der Waals surface area contributed by atoms with E-state index >= 15 is 0 Å². The molecule has 0 bridgehead atoms. The molecular weight excluding hydrogens is 236 g/mol. The third-order valence-corrected chi connectivity index (χ3v) is 1.72.